The van der Waals surface area contributed by atoms with E-state index in [1.54, 1.807) is 0 Å². The molecule has 1 N–H and O–H groups in total. The van der Waals surface area contributed by atoms with Crippen molar-refractivity contribution in [3.63, 3.8) is 0 Å². The first-order valence-electron chi connectivity index (χ1n) is 6.43. The highest BCUT2D eigenvalue weighted by Gasteiger charge is 2.30. The molecule has 0 radical (unpaired) electrons. The van der Waals surface area contributed by atoms with E-state index in [4.69, 9.17) is 16.3 Å². The predicted octanol–water partition coefficient (Wildman–Crippen LogP) is 2.98. The third-order valence-corrected chi connectivity index (χ3v) is 3.61. The molecule has 1 atom stereocenters. The van der Waals surface area contributed by atoms with Crippen molar-refractivity contribution in [3.8, 4) is 0 Å². The minimum atomic E-state index is -0.0497. The highest BCUT2D eigenvalue weighted by molar-refractivity contribution is 6.30. The fraction of sp³-hybridized carbons (Fsp3) is 0.692. The summed E-state index contributed by atoms with van der Waals surface area (Å²) >= 11 is 6.16. The topological polar surface area (TPSA) is 47.0 Å². The zero-order valence-corrected chi connectivity index (χ0v) is 12.0. The molecule has 0 saturated carbocycles. The van der Waals surface area contributed by atoms with Crippen molar-refractivity contribution < 1.29 is 4.74 Å². The summed E-state index contributed by atoms with van der Waals surface area (Å²) in [5.74, 6) is 1.64. The van der Waals surface area contributed by atoms with Crippen molar-refractivity contribution in [2.24, 2.45) is 0 Å². The van der Waals surface area contributed by atoms with E-state index in [-0.39, 0.29) is 5.54 Å². The summed E-state index contributed by atoms with van der Waals surface area (Å²) in [6, 6.07) is 0. The molecule has 0 aromatic carbocycles. The summed E-state index contributed by atoms with van der Waals surface area (Å²) in [5, 5.41) is 4.00. The number of nitrogens with one attached hydrogen (secondary N) is 1. The molecule has 2 rings (SSSR count). The van der Waals surface area contributed by atoms with E-state index in [0.29, 0.717) is 11.8 Å². The van der Waals surface area contributed by atoms with Crippen molar-refractivity contribution >= 4 is 17.4 Å². The van der Waals surface area contributed by atoms with Crippen LogP contribution in [0.3, 0.4) is 0 Å². The van der Waals surface area contributed by atoms with Crippen molar-refractivity contribution in [1.29, 1.82) is 0 Å². The first kappa shape index (κ1) is 13.6. The molecule has 18 heavy (non-hydrogen) atoms. The molecular weight excluding hydrogens is 250 g/mol. The molecule has 1 aromatic heterocycles. The molecule has 1 saturated heterocycles. The van der Waals surface area contributed by atoms with Gasteiger partial charge >= 0.3 is 0 Å². The summed E-state index contributed by atoms with van der Waals surface area (Å²) in [4.78, 5) is 8.87. The minimum absolute atomic E-state index is 0.0497. The summed E-state index contributed by atoms with van der Waals surface area (Å²) in [7, 11) is 0. The number of halogens is 1. The van der Waals surface area contributed by atoms with Gasteiger partial charge in [-0.3, -0.25) is 0 Å². The van der Waals surface area contributed by atoms with Crippen LogP contribution in [-0.2, 0) is 11.2 Å². The van der Waals surface area contributed by atoms with Gasteiger partial charge in [0.15, 0.2) is 0 Å². The molecule has 2 heterocycles. The van der Waals surface area contributed by atoms with E-state index in [1.807, 2.05) is 6.92 Å². The number of ether oxygens (including phenoxy) is 1. The van der Waals surface area contributed by atoms with Gasteiger partial charge < -0.3 is 10.1 Å². The number of hydrogen-bond donors (Lipinski definition) is 1. The molecule has 100 valence electrons. The van der Waals surface area contributed by atoms with Crippen LogP contribution in [0, 0.1) is 6.92 Å². The van der Waals surface area contributed by atoms with Gasteiger partial charge in [0.1, 0.15) is 16.8 Å². The maximum Gasteiger partial charge on any atom is 0.137 e. The lowest BCUT2D eigenvalue weighted by atomic mass is 10.0. The minimum Gasteiger partial charge on any atom is -0.379 e. The van der Waals surface area contributed by atoms with Gasteiger partial charge in [0.05, 0.1) is 12.1 Å². The van der Waals surface area contributed by atoms with Crippen LogP contribution in [0.2, 0.25) is 5.15 Å². The van der Waals surface area contributed by atoms with Gasteiger partial charge in [0.2, 0.25) is 0 Å². The Labute approximate surface area is 113 Å². The molecule has 1 fully saturated rings. The first-order chi connectivity index (χ1) is 8.54. The maximum atomic E-state index is 6.16. The number of aromatic nitrogens is 2. The molecule has 1 aliphatic rings. The van der Waals surface area contributed by atoms with Crippen LogP contribution in [0.25, 0.3) is 0 Å². The molecule has 0 aliphatic carbocycles. The predicted molar refractivity (Wildman–Crippen MR) is 73.2 cm³/mol. The van der Waals surface area contributed by atoms with Gasteiger partial charge in [-0.05, 0) is 26.7 Å². The monoisotopic (exact) mass is 269 g/mol. The molecule has 0 spiro atoms. The average molecular weight is 270 g/mol. The lowest BCUT2D eigenvalue weighted by Gasteiger charge is -2.25. The quantitative estimate of drug-likeness (QED) is 0.854. The Bertz CT molecular complexity index is 430. The summed E-state index contributed by atoms with van der Waals surface area (Å²) < 4.78 is 5.44. The largest absolute Gasteiger partial charge is 0.379 e. The maximum absolute atomic E-state index is 6.16. The average Bonchev–Trinajstić information content (AvgIpc) is 2.73. The number of aryl methyl sites for hydroxylation is 1. The summed E-state index contributed by atoms with van der Waals surface area (Å²) in [6.07, 6.45) is 2.85. The number of rotatable bonds is 4. The van der Waals surface area contributed by atoms with Crippen LogP contribution in [0.5, 0.6) is 0 Å². The van der Waals surface area contributed by atoms with Crippen molar-refractivity contribution in [3.05, 3.63) is 16.5 Å². The van der Waals surface area contributed by atoms with E-state index in [0.717, 1.165) is 43.1 Å². The SMILES string of the molecule is CCCc1nc(Cl)c(C)c(NC2(C)CCOC2)n1. The zero-order valence-electron chi connectivity index (χ0n) is 11.2. The first-order valence-corrected chi connectivity index (χ1v) is 6.81. The molecular formula is C13H20ClN3O. The van der Waals surface area contributed by atoms with Gasteiger partial charge in [-0.15, -0.1) is 0 Å². The molecule has 1 unspecified atom stereocenters. The Morgan fingerprint density at radius 3 is 2.83 bits per heavy atom. The van der Waals surface area contributed by atoms with Gasteiger partial charge in [-0.1, -0.05) is 18.5 Å². The summed E-state index contributed by atoms with van der Waals surface area (Å²) in [5.41, 5.74) is 0.857. The van der Waals surface area contributed by atoms with E-state index < -0.39 is 0 Å². The van der Waals surface area contributed by atoms with Gasteiger partial charge in [0, 0.05) is 18.6 Å². The fourth-order valence-electron chi connectivity index (χ4n) is 2.04. The Hall–Kier alpha value is -0.870. The van der Waals surface area contributed by atoms with Crippen molar-refractivity contribution in [2.75, 3.05) is 18.5 Å². The summed E-state index contributed by atoms with van der Waals surface area (Å²) in [6.45, 7) is 7.70. The van der Waals surface area contributed by atoms with Crippen LogP contribution >= 0.6 is 11.6 Å². The Morgan fingerprint density at radius 2 is 2.22 bits per heavy atom. The van der Waals surface area contributed by atoms with Crippen molar-refractivity contribution in [1.82, 2.24) is 9.97 Å². The third kappa shape index (κ3) is 2.93. The second-order valence-electron chi connectivity index (χ2n) is 5.14. The molecule has 4 nitrogen and oxygen atoms in total. The lowest BCUT2D eigenvalue weighted by Crippen LogP contribution is -2.35. The molecule has 0 bridgehead atoms. The van der Waals surface area contributed by atoms with E-state index >= 15 is 0 Å². The third-order valence-electron chi connectivity index (χ3n) is 3.25. The van der Waals surface area contributed by atoms with Gasteiger partial charge in [0.25, 0.3) is 0 Å². The molecule has 1 aromatic rings. The molecule has 0 amide bonds. The fourth-order valence-corrected chi connectivity index (χ4v) is 2.23. The number of hydrogen-bond acceptors (Lipinski definition) is 4. The smallest absolute Gasteiger partial charge is 0.137 e. The van der Waals surface area contributed by atoms with E-state index in [1.165, 1.54) is 0 Å². The Kier molecular flexibility index (Phi) is 4.07. The van der Waals surface area contributed by atoms with Crippen LogP contribution in [0.1, 0.15) is 38.1 Å². The van der Waals surface area contributed by atoms with Crippen LogP contribution in [0.15, 0.2) is 0 Å². The van der Waals surface area contributed by atoms with E-state index in [9.17, 15) is 0 Å². The normalized spacial score (nSPS) is 23.3. The second-order valence-corrected chi connectivity index (χ2v) is 5.50. The Balaban J connectivity index is 2.25. The standard InChI is InChI=1S/C13H20ClN3O/c1-4-5-10-15-11(14)9(2)12(16-10)17-13(3)6-7-18-8-13/h4-8H2,1-3H3,(H,15,16,17). The van der Waals surface area contributed by atoms with Crippen LogP contribution in [-0.4, -0.2) is 28.7 Å². The molecule has 1 aliphatic heterocycles. The highest BCUT2D eigenvalue weighted by Crippen LogP contribution is 2.27. The second kappa shape index (κ2) is 5.41. The van der Waals surface area contributed by atoms with E-state index in [2.05, 4.69) is 29.1 Å². The number of anilines is 1. The van der Waals surface area contributed by atoms with Gasteiger partial charge in [-0.25, -0.2) is 9.97 Å². The van der Waals surface area contributed by atoms with Crippen LogP contribution < -0.4 is 5.32 Å². The number of nitrogens with zero attached hydrogens (tertiary/aromatic N) is 2. The molecule has 5 heteroatoms. The van der Waals surface area contributed by atoms with Crippen molar-refractivity contribution in [2.45, 2.75) is 45.6 Å². The van der Waals surface area contributed by atoms with Gasteiger partial charge in [-0.2, -0.15) is 0 Å². The lowest BCUT2D eigenvalue weighted by molar-refractivity contribution is 0.185. The van der Waals surface area contributed by atoms with Crippen LogP contribution in [0.4, 0.5) is 5.82 Å². The zero-order chi connectivity index (χ0) is 13.2. The highest BCUT2D eigenvalue weighted by atomic mass is 35.5. The Morgan fingerprint density at radius 1 is 1.44 bits per heavy atom.